The van der Waals surface area contributed by atoms with Gasteiger partial charge in [-0.2, -0.15) is 13.2 Å². The van der Waals surface area contributed by atoms with Gasteiger partial charge < -0.3 is 4.98 Å². The zero-order valence-corrected chi connectivity index (χ0v) is 9.70. The molecule has 0 aliphatic rings. The Labute approximate surface area is 105 Å². The molecule has 0 amide bonds. The lowest BCUT2D eigenvalue weighted by Crippen LogP contribution is -2.05. The van der Waals surface area contributed by atoms with Crippen LogP contribution in [0.4, 0.5) is 17.6 Å². The molecular weight excluding hydrogens is 266 g/mol. The first-order chi connectivity index (χ1) is 8.38. The molecule has 0 radical (unpaired) electrons. The van der Waals surface area contributed by atoms with Gasteiger partial charge in [-0.15, -0.1) is 0 Å². The number of pyridine rings is 1. The molecule has 18 heavy (non-hydrogen) atoms. The second-order valence-electron chi connectivity index (χ2n) is 3.64. The van der Waals surface area contributed by atoms with Gasteiger partial charge >= 0.3 is 6.18 Å². The number of hydrogen-bond acceptors (Lipinski definition) is 1. The van der Waals surface area contributed by atoms with Crippen LogP contribution in [0, 0.1) is 10.5 Å². The molecule has 1 N–H and O–H groups in total. The van der Waals surface area contributed by atoms with Crippen LogP contribution in [-0.4, -0.2) is 4.98 Å². The summed E-state index contributed by atoms with van der Waals surface area (Å²) < 4.78 is 50.9. The molecule has 0 aliphatic heterocycles. The Hall–Kier alpha value is -1.69. The van der Waals surface area contributed by atoms with E-state index in [4.69, 9.17) is 12.2 Å². The van der Waals surface area contributed by atoms with Crippen LogP contribution in [0.25, 0.3) is 11.1 Å². The SMILES string of the molecule is Fc1cccc(-c2cc(C(F)(F)F)c[nH]c2=S)c1. The van der Waals surface area contributed by atoms with E-state index in [0.29, 0.717) is 5.56 Å². The van der Waals surface area contributed by atoms with E-state index >= 15 is 0 Å². The van der Waals surface area contributed by atoms with Crippen LogP contribution in [0.5, 0.6) is 0 Å². The van der Waals surface area contributed by atoms with Gasteiger partial charge in [0.1, 0.15) is 10.5 Å². The van der Waals surface area contributed by atoms with Crippen LogP contribution in [0.3, 0.4) is 0 Å². The Balaban J connectivity index is 2.61. The van der Waals surface area contributed by atoms with Crippen molar-refractivity contribution in [3.63, 3.8) is 0 Å². The highest BCUT2D eigenvalue weighted by molar-refractivity contribution is 7.71. The standard InChI is InChI=1S/C12H7F4NS/c13-9-3-1-2-7(4-9)10-5-8(12(14,15)16)6-17-11(10)18/h1-6H,(H,17,18). The molecule has 1 aromatic heterocycles. The van der Waals surface area contributed by atoms with Crippen molar-refractivity contribution in [2.75, 3.05) is 0 Å². The van der Waals surface area contributed by atoms with E-state index in [2.05, 4.69) is 4.98 Å². The summed E-state index contributed by atoms with van der Waals surface area (Å²) in [6, 6.07) is 6.18. The first kappa shape index (κ1) is 12.8. The highest BCUT2D eigenvalue weighted by Crippen LogP contribution is 2.32. The van der Waals surface area contributed by atoms with Crippen LogP contribution in [-0.2, 0) is 6.18 Å². The molecule has 1 aromatic carbocycles. The van der Waals surface area contributed by atoms with Crippen LogP contribution in [0.1, 0.15) is 5.56 Å². The minimum atomic E-state index is -4.47. The summed E-state index contributed by atoms with van der Waals surface area (Å²) in [7, 11) is 0. The Morgan fingerprint density at radius 1 is 1.11 bits per heavy atom. The maximum atomic E-state index is 13.1. The van der Waals surface area contributed by atoms with Crippen LogP contribution >= 0.6 is 12.2 Å². The van der Waals surface area contributed by atoms with E-state index in [1.165, 1.54) is 18.2 Å². The molecule has 0 unspecified atom stereocenters. The molecular formula is C12H7F4NS. The highest BCUT2D eigenvalue weighted by Gasteiger charge is 2.31. The zero-order chi connectivity index (χ0) is 13.3. The van der Waals surface area contributed by atoms with Gasteiger partial charge in [0.2, 0.25) is 0 Å². The van der Waals surface area contributed by atoms with E-state index in [1.54, 1.807) is 0 Å². The maximum Gasteiger partial charge on any atom is 0.417 e. The lowest BCUT2D eigenvalue weighted by molar-refractivity contribution is -0.137. The fourth-order valence-electron chi connectivity index (χ4n) is 1.52. The number of aromatic amines is 1. The number of aromatic nitrogens is 1. The van der Waals surface area contributed by atoms with Gasteiger partial charge in [-0.1, -0.05) is 24.4 Å². The molecule has 2 rings (SSSR count). The predicted octanol–water partition coefficient (Wildman–Crippen LogP) is 4.57. The molecule has 0 fully saturated rings. The number of alkyl halides is 3. The van der Waals surface area contributed by atoms with Crippen molar-refractivity contribution in [1.29, 1.82) is 0 Å². The quantitative estimate of drug-likeness (QED) is 0.594. The second-order valence-corrected chi connectivity index (χ2v) is 4.05. The number of halogens is 4. The Morgan fingerprint density at radius 3 is 2.44 bits per heavy atom. The second kappa shape index (κ2) is 4.53. The first-order valence-electron chi connectivity index (χ1n) is 4.94. The lowest BCUT2D eigenvalue weighted by Gasteiger charge is -2.09. The van der Waals surface area contributed by atoms with Gasteiger partial charge in [-0.25, -0.2) is 4.39 Å². The predicted molar refractivity (Wildman–Crippen MR) is 62.0 cm³/mol. The summed E-state index contributed by atoms with van der Waals surface area (Å²) in [5.74, 6) is -0.528. The lowest BCUT2D eigenvalue weighted by atomic mass is 10.1. The minimum absolute atomic E-state index is 0.133. The molecule has 0 aliphatic carbocycles. The molecule has 1 heterocycles. The van der Waals surface area contributed by atoms with Gasteiger partial charge in [0.15, 0.2) is 0 Å². The molecule has 0 saturated heterocycles. The van der Waals surface area contributed by atoms with Crippen LogP contribution < -0.4 is 0 Å². The van der Waals surface area contributed by atoms with Crippen molar-refractivity contribution in [3.05, 3.63) is 52.5 Å². The zero-order valence-electron chi connectivity index (χ0n) is 8.88. The van der Waals surface area contributed by atoms with Crippen molar-refractivity contribution in [2.45, 2.75) is 6.18 Å². The van der Waals surface area contributed by atoms with E-state index < -0.39 is 17.6 Å². The average molecular weight is 273 g/mol. The van der Waals surface area contributed by atoms with E-state index in [1.807, 2.05) is 0 Å². The third-order valence-corrected chi connectivity index (χ3v) is 2.70. The van der Waals surface area contributed by atoms with Gasteiger partial charge in [0.05, 0.1) is 5.56 Å². The summed E-state index contributed by atoms with van der Waals surface area (Å²) >= 11 is 4.91. The van der Waals surface area contributed by atoms with Crippen molar-refractivity contribution in [1.82, 2.24) is 4.98 Å². The molecule has 94 valence electrons. The average Bonchev–Trinajstić information content (AvgIpc) is 2.28. The van der Waals surface area contributed by atoms with Crippen LogP contribution in [0.15, 0.2) is 36.5 Å². The van der Waals surface area contributed by atoms with Gasteiger partial charge in [-0.05, 0) is 23.8 Å². The molecule has 0 spiro atoms. The summed E-state index contributed by atoms with van der Waals surface area (Å²) in [5.41, 5.74) is -0.392. The fraction of sp³-hybridized carbons (Fsp3) is 0.0833. The van der Waals surface area contributed by atoms with E-state index in [-0.39, 0.29) is 10.2 Å². The summed E-state index contributed by atoms with van der Waals surface area (Å²) in [4.78, 5) is 2.37. The Kier molecular flexibility index (Phi) is 3.21. The fourth-order valence-corrected chi connectivity index (χ4v) is 1.75. The van der Waals surface area contributed by atoms with Crippen molar-refractivity contribution < 1.29 is 17.6 Å². The third kappa shape index (κ3) is 2.59. The van der Waals surface area contributed by atoms with Crippen molar-refractivity contribution in [3.8, 4) is 11.1 Å². The van der Waals surface area contributed by atoms with Gasteiger partial charge in [0, 0.05) is 11.8 Å². The van der Waals surface area contributed by atoms with Crippen molar-refractivity contribution >= 4 is 12.2 Å². The Morgan fingerprint density at radius 2 is 1.83 bits per heavy atom. The molecule has 2 aromatic rings. The smallest absolute Gasteiger partial charge is 0.352 e. The minimum Gasteiger partial charge on any atom is -0.352 e. The topological polar surface area (TPSA) is 15.8 Å². The largest absolute Gasteiger partial charge is 0.417 e. The summed E-state index contributed by atoms with van der Waals surface area (Å²) in [5, 5.41) is 0. The molecule has 1 nitrogen and oxygen atoms in total. The van der Waals surface area contributed by atoms with Crippen LogP contribution in [0.2, 0.25) is 0 Å². The number of rotatable bonds is 1. The third-order valence-electron chi connectivity index (χ3n) is 2.37. The van der Waals surface area contributed by atoms with Gasteiger partial charge in [-0.3, -0.25) is 0 Å². The number of nitrogens with one attached hydrogen (secondary N) is 1. The molecule has 6 heteroatoms. The number of H-pyrrole nitrogens is 1. The van der Waals surface area contributed by atoms with E-state index in [0.717, 1.165) is 18.3 Å². The summed E-state index contributed by atoms with van der Waals surface area (Å²) in [6.45, 7) is 0. The summed E-state index contributed by atoms with van der Waals surface area (Å²) in [6.07, 6.45) is -3.67. The molecule has 0 saturated carbocycles. The normalized spacial score (nSPS) is 11.6. The van der Waals surface area contributed by atoms with Crippen molar-refractivity contribution in [2.24, 2.45) is 0 Å². The van der Waals surface area contributed by atoms with Gasteiger partial charge in [0.25, 0.3) is 0 Å². The first-order valence-corrected chi connectivity index (χ1v) is 5.34. The maximum absolute atomic E-state index is 13.1. The number of hydrogen-bond donors (Lipinski definition) is 1. The molecule has 0 atom stereocenters. The highest BCUT2D eigenvalue weighted by atomic mass is 32.1. The monoisotopic (exact) mass is 273 g/mol. The number of benzene rings is 1. The molecule has 0 bridgehead atoms. The van der Waals surface area contributed by atoms with E-state index in [9.17, 15) is 17.6 Å². The Bertz CT molecular complexity index is 630.